The van der Waals surface area contributed by atoms with Crippen molar-refractivity contribution in [3.8, 4) is 17.2 Å². The average molecular weight is 416 g/mol. The van der Waals surface area contributed by atoms with Crippen LogP contribution in [0.5, 0.6) is 17.2 Å². The van der Waals surface area contributed by atoms with Crippen molar-refractivity contribution in [2.75, 3.05) is 32.8 Å². The lowest BCUT2D eigenvalue weighted by molar-refractivity contribution is -0.120. The van der Waals surface area contributed by atoms with Crippen molar-refractivity contribution in [3.05, 3.63) is 47.5 Å². The van der Waals surface area contributed by atoms with Crippen LogP contribution in [0.1, 0.15) is 22.8 Å². The van der Waals surface area contributed by atoms with Crippen molar-refractivity contribution in [2.45, 2.75) is 13.3 Å². The molecule has 2 rings (SSSR count). The first-order chi connectivity index (χ1) is 14.4. The van der Waals surface area contributed by atoms with Crippen molar-refractivity contribution >= 4 is 23.5 Å². The van der Waals surface area contributed by atoms with Gasteiger partial charge in [0.2, 0.25) is 5.75 Å². The van der Waals surface area contributed by atoms with Gasteiger partial charge in [-0.2, -0.15) is 0 Å². The molecule has 0 aliphatic heterocycles. The van der Waals surface area contributed by atoms with E-state index in [2.05, 4.69) is 5.32 Å². The molecule has 0 saturated heterocycles. The van der Waals surface area contributed by atoms with E-state index in [1.165, 1.54) is 26.4 Å². The van der Waals surface area contributed by atoms with Gasteiger partial charge < -0.3 is 30.0 Å². The molecule has 0 atom stereocenters. The number of ether oxygens (including phenoxy) is 4. The van der Waals surface area contributed by atoms with Crippen molar-refractivity contribution in [3.63, 3.8) is 0 Å². The SMILES string of the molecule is CCc1cccc(NC(=O)COC(=O)c2cc(OC)c(OCC(N)=O)c(OC)c2)c1. The second kappa shape index (κ2) is 10.7. The molecule has 2 aromatic carbocycles. The number of hydrogen-bond donors (Lipinski definition) is 2. The maximum absolute atomic E-state index is 12.4. The number of hydrogen-bond acceptors (Lipinski definition) is 7. The third kappa shape index (κ3) is 6.13. The van der Waals surface area contributed by atoms with Gasteiger partial charge in [-0.05, 0) is 36.2 Å². The van der Waals surface area contributed by atoms with Crippen LogP contribution in [0.15, 0.2) is 36.4 Å². The molecule has 0 aliphatic rings. The molecule has 2 aromatic rings. The molecule has 0 radical (unpaired) electrons. The standard InChI is InChI=1S/C21H24N2O7/c1-4-13-6-5-7-15(8-13)23-19(25)12-30-21(26)14-9-16(27-2)20(17(10-14)28-3)29-11-18(22)24/h5-10H,4,11-12H2,1-3H3,(H2,22,24)(H,23,25). The lowest BCUT2D eigenvalue weighted by atomic mass is 10.1. The minimum atomic E-state index is -0.759. The van der Waals surface area contributed by atoms with Gasteiger partial charge in [0.15, 0.2) is 24.7 Å². The Hall–Kier alpha value is -3.75. The van der Waals surface area contributed by atoms with E-state index >= 15 is 0 Å². The van der Waals surface area contributed by atoms with E-state index in [1.807, 2.05) is 25.1 Å². The molecule has 0 unspecified atom stereocenters. The monoisotopic (exact) mass is 416 g/mol. The number of amides is 2. The summed E-state index contributed by atoms with van der Waals surface area (Å²) in [5.41, 5.74) is 6.85. The first-order valence-electron chi connectivity index (χ1n) is 9.11. The Balaban J connectivity index is 2.06. The Kier molecular flexibility index (Phi) is 8.04. The smallest absolute Gasteiger partial charge is 0.338 e. The second-order valence-corrected chi connectivity index (χ2v) is 6.14. The Labute approximate surface area is 174 Å². The van der Waals surface area contributed by atoms with Crippen LogP contribution in [-0.2, 0) is 20.7 Å². The molecule has 9 heteroatoms. The third-order valence-electron chi connectivity index (χ3n) is 4.01. The Morgan fingerprint density at radius 2 is 1.67 bits per heavy atom. The first kappa shape index (κ1) is 22.5. The fraction of sp³-hybridized carbons (Fsp3) is 0.286. The number of anilines is 1. The summed E-state index contributed by atoms with van der Waals surface area (Å²) in [7, 11) is 2.72. The van der Waals surface area contributed by atoms with E-state index in [1.54, 1.807) is 6.07 Å². The summed E-state index contributed by atoms with van der Waals surface area (Å²) in [4.78, 5) is 35.4. The highest BCUT2D eigenvalue weighted by molar-refractivity contribution is 5.96. The summed E-state index contributed by atoms with van der Waals surface area (Å²) in [6.07, 6.45) is 0.835. The minimum Gasteiger partial charge on any atom is -0.493 e. The lowest BCUT2D eigenvalue weighted by Gasteiger charge is -2.15. The number of primary amides is 1. The Morgan fingerprint density at radius 3 is 2.23 bits per heavy atom. The average Bonchev–Trinajstić information content (AvgIpc) is 2.75. The van der Waals surface area contributed by atoms with Crippen LogP contribution in [0.3, 0.4) is 0 Å². The number of carbonyl (C=O) groups excluding carboxylic acids is 3. The van der Waals surface area contributed by atoms with Crippen molar-refractivity contribution in [1.29, 1.82) is 0 Å². The molecule has 3 N–H and O–H groups in total. The molecule has 30 heavy (non-hydrogen) atoms. The molecule has 9 nitrogen and oxygen atoms in total. The highest BCUT2D eigenvalue weighted by Crippen LogP contribution is 2.38. The van der Waals surface area contributed by atoms with Gasteiger partial charge in [-0.25, -0.2) is 4.79 Å². The molecule has 0 fully saturated rings. The van der Waals surface area contributed by atoms with Crippen LogP contribution in [0.2, 0.25) is 0 Å². The second-order valence-electron chi connectivity index (χ2n) is 6.14. The van der Waals surface area contributed by atoms with Crippen LogP contribution in [0.4, 0.5) is 5.69 Å². The molecule has 0 heterocycles. The van der Waals surface area contributed by atoms with Gasteiger partial charge in [0.05, 0.1) is 19.8 Å². The Bertz CT molecular complexity index is 902. The predicted octanol–water partition coefficient (Wildman–Crippen LogP) is 1.93. The summed E-state index contributed by atoms with van der Waals surface area (Å²) in [6, 6.07) is 10.1. The zero-order valence-electron chi connectivity index (χ0n) is 17.0. The number of nitrogens with one attached hydrogen (secondary N) is 1. The van der Waals surface area contributed by atoms with E-state index in [0.29, 0.717) is 5.69 Å². The van der Waals surface area contributed by atoms with Gasteiger partial charge in [-0.3, -0.25) is 9.59 Å². The zero-order valence-corrected chi connectivity index (χ0v) is 17.0. The van der Waals surface area contributed by atoms with E-state index in [4.69, 9.17) is 24.7 Å². The van der Waals surface area contributed by atoms with Crippen LogP contribution in [0.25, 0.3) is 0 Å². The molecule has 0 spiro atoms. The number of methoxy groups -OCH3 is 2. The van der Waals surface area contributed by atoms with Crippen LogP contribution >= 0.6 is 0 Å². The van der Waals surface area contributed by atoms with Gasteiger partial charge in [0, 0.05) is 5.69 Å². The van der Waals surface area contributed by atoms with Gasteiger partial charge >= 0.3 is 5.97 Å². The predicted molar refractivity (Wildman–Crippen MR) is 109 cm³/mol. The van der Waals surface area contributed by atoms with E-state index in [0.717, 1.165) is 12.0 Å². The number of rotatable bonds is 10. The quantitative estimate of drug-likeness (QED) is 0.567. The molecule has 0 aromatic heterocycles. The summed E-state index contributed by atoms with van der Waals surface area (Å²) in [5.74, 6) is -1.52. The van der Waals surface area contributed by atoms with E-state index in [9.17, 15) is 14.4 Å². The Morgan fingerprint density at radius 1 is 1.00 bits per heavy atom. The van der Waals surface area contributed by atoms with Gasteiger partial charge in [-0.15, -0.1) is 0 Å². The first-order valence-corrected chi connectivity index (χ1v) is 9.11. The fourth-order valence-corrected chi connectivity index (χ4v) is 2.56. The topological polar surface area (TPSA) is 126 Å². The van der Waals surface area contributed by atoms with E-state index in [-0.39, 0.29) is 22.8 Å². The maximum Gasteiger partial charge on any atom is 0.338 e. The van der Waals surface area contributed by atoms with Gasteiger partial charge in [-0.1, -0.05) is 19.1 Å². The van der Waals surface area contributed by atoms with Crippen LogP contribution < -0.4 is 25.3 Å². The van der Waals surface area contributed by atoms with Crippen molar-refractivity contribution in [1.82, 2.24) is 0 Å². The van der Waals surface area contributed by atoms with Crippen molar-refractivity contribution < 1.29 is 33.3 Å². The maximum atomic E-state index is 12.4. The number of esters is 1. The zero-order chi connectivity index (χ0) is 22.1. The molecule has 0 saturated carbocycles. The highest BCUT2D eigenvalue weighted by Gasteiger charge is 2.20. The van der Waals surface area contributed by atoms with Crippen LogP contribution in [0, 0.1) is 0 Å². The summed E-state index contributed by atoms with van der Waals surface area (Å²) < 4.78 is 20.8. The minimum absolute atomic E-state index is 0.0795. The molecular formula is C21H24N2O7. The largest absolute Gasteiger partial charge is 0.493 e. The number of aryl methyl sites for hydroxylation is 1. The molecular weight excluding hydrogens is 392 g/mol. The fourth-order valence-electron chi connectivity index (χ4n) is 2.56. The number of nitrogens with two attached hydrogens (primary N) is 1. The van der Waals surface area contributed by atoms with Crippen molar-refractivity contribution in [2.24, 2.45) is 5.73 Å². The number of benzene rings is 2. The highest BCUT2D eigenvalue weighted by atomic mass is 16.5. The van der Waals surface area contributed by atoms with Crippen LogP contribution in [-0.4, -0.2) is 45.2 Å². The third-order valence-corrected chi connectivity index (χ3v) is 4.01. The van der Waals surface area contributed by atoms with Gasteiger partial charge in [0.25, 0.3) is 11.8 Å². The summed E-state index contributed by atoms with van der Waals surface area (Å²) in [6.45, 7) is 1.14. The number of carbonyl (C=O) groups is 3. The molecule has 0 bridgehead atoms. The molecule has 0 aliphatic carbocycles. The normalized spacial score (nSPS) is 10.1. The lowest BCUT2D eigenvalue weighted by Crippen LogP contribution is -2.21. The van der Waals surface area contributed by atoms with Gasteiger partial charge in [0.1, 0.15) is 0 Å². The van der Waals surface area contributed by atoms with E-state index < -0.39 is 31.0 Å². The summed E-state index contributed by atoms with van der Waals surface area (Å²) in [5, 5.41) is 2.68. The molecule has 2 amide bonds. The summed E-state index contributed by atoms with van der Waals surface area (Å²) >= 11 is 0. The molecule has 160 valence electrons.